The lowest BCUT2D eigenvalue weighted by Gasteiger charge is -2.26. The second kappa shape index (κ2) is 10.1. The number of hydrogen-bond donors (Lipinski definition) is 0. The lowest BCUT2D eigenvalue weighted by atomic mass is 9.98. The Labute approximate surface area is 259 Å². The Balaban J connectivity index is 1.22. The Hall–Kier alpha value is -5.44. The highest BCUT2D eigenvalue weighted by molar-refractivity contribution is 7.26. The standard InChI is InChI=1S/C42H27NS/c1-2-10-34(11-3-1)43(35-22-18-29(19-23-35)33-17-14-28-8-4-5-9-32(28)26-33)36-24-20-30-15-16-31-21-25-38-37-12-6-7-13-40(37)44-42(38)41(31)39(30)27-36/h1-27H. The van der Waals surface area contributed by atoms with E-state index in [4.69, 9.17) is 0 Å². The summed E-state index contributed by atoms with van der Waals surface area (Å²) in [5.74, 6) is 0. The fourth-order valence-electron chi connectivity index (χ4n) is 6.64. The van der Waals surface area contributed by atoms with Gasteiger partial charge in [0.1, 0.15) is 0 Å². The van der Waals surface area contributed by atoms with E-state index in [-0.39, 0.29) is 0 Å². The quantitative estimate of drug-likeness (QED) is 0.188. The number of anilines is 3. The number of rotatable bonds is 4. The van der Waals surface area contributed by atoms with Gasteiger partial charge in [-0.25, -0.2) is 0 Å². The van der Waals surface area contributed by atoms with Crippen molar-refractivity contribution < 1.29 is 0 Å². The van der Waals surface area contributed by atoms with Gasteiger partial charge in [-0.15, -0.1) is 11.3 Å². The molecule has 0 aliphatic heterocycles. The number of para-hydroxylation sites is 1. The van der Waals surface area contributed by atoms with E-state index in [1.807, 2.05) is 11.3 Å². The number of thiophene rings is 1. The van der Waals surface area contributed by atoms with Crippen LogP contribution >= 0.6 is 11.3 Å². The van der Waals surface area contributed by atoms with Crippen LogP contribution in [-0.4, -0.2) is 0 Å². The Bertz CT molecular complexity index is 2490. The largest absolute Gasteiger partial charge is 0.310 e. The average molecular weight is 578 g/mol. The Kier molecular flexibility index (Phi) is 5.75. The van der Waals surface area contributed by atoms with Gasteiger partial charge in [-0.05, 0) is 86.6 Å². The lowest BCUT2D eigenvalue weighted by molar-refractivity contribution is 1.29. The molecule has 0 fully saturated rings. The van der Waals surface area contributed by atoms with Gasteiger partial charge >= 0.3 is 0 Å². The molecular formula is C42H27NS. The summed E-state index contributed by atoms with van der Waals surface area (Å²) in [4.78, 5) is 2.37. The van der Waals surface area contributed by atoms with Crippen LogP contribution in [0.15, 0.2) is 164 Å². The smallest absolute Gasteiger partial charge is 0.0468 e. The normalized spacial score (nSPS) is 11.6. The average Bonchev–Trinajstić information content (AvgIpc) is 3.48. The maximum Gasteiger partial charge on any atom is 0.0468 e. The molecule has 8 aromatic carbocycles. The van der Waals surface area contributed by atoms with Crippen LogP contribution in [0.4, 0.5) is 17.1 Å². The van der Waals surface area contributed by atoms with Crippen molar-refractivity contribution in [1.82, 2.24) is 0 Å². The summed E-state index contributed by atoms with van der Waals surface area (Å²) in [6.07, 6.45) is 0. The van der Waals surface area contributed by atoms with Gasteiger partial charge in [0.2, 0.25) is 0 Å². The molecule has 0 saturated carbocycles. The molecule has 0 saturated heterocycles. The first-order chi connectivity index (χ1) is 21.8. The SMILES string of the molecule is c1ccc(N(c2ccc(-c3ccc4ccccc4c3)cc2)c2ccc3ccc4ccc5c6ccccc6sc5c4c3c2)cc1. The summed E-state index contributed by atoms with van der Waals surface area (Å²) in [5, 5.41) is 10.3. The molecule has 0 atom stereocenters. The fraction of sp³-hybridized carbons (Fsp3) is 0. The van der Waals surface area contributed by atoms with Gasteiger partial charge in [-0.1, -0.05) is 115 Å². The molecular weight excluding hydrogens is 551 g/mol. The fourth-order valence-corrected chi connectivity index (χ4v) is 7.91. The van der Waals surface area contributed by atoms with Crippen LogP contribution < -0.4 is 4.90 Å². The van der Waals surface area contributed by atoms with Crippen LogP contribution in [-0.2, 0) is 0 Å². The van der Waals surface area contributed by atoms with E-state index >= 15 is 0 Å². The lowest BCUT2D eigenvalue weighted by Crippen LogP contribution is -2.09. The Morgan fingerprint density at radius 3 is 1.89 bits per heavy atom. The van der Waals surface area contributed by atoms with Crippen LogP contribution in [0.5, 0.6) is 0 Å². The molecule has 0 N–H and O–H groups in total. The first-order valence-electron chi connectivity index (χ1n) is 15.0. The Morgan fingerprint density at radius 2 is 1.00 bits per heavy atom. The molecule has 0 bridgehead atoms. The maximum atomic E-state index is 2.38. The van der Waals surface area contributed by atoms with Gasteiger partial charge in [-0.2, -0.15) is 0 Å². The summed E-state index contributed by atoms with van der Waals surface area (Å²) in [6, 6.07) is 59.7. The zero-order chi connectivity index (χ0) is 29.0. The van der Waals surface area contributed by atoms with Crippen LogP contribution in [0.3, 0.4) is 0 Å². The topological polar surface area (TPSA) is 3.24 Å². The van der Waals surface area contributed by atoms with Crippen molar-refractivity contribution in [3.8, 4) is 11.1 Å². The highest BCUT2D eigenvalue weighted by Gasteiger charge is 2.16. The van der Waals surface area contributed by atoms with Gasteiger partial charge in [0.05, 0.1) is 0 Å². The van der Waals surface area contributed by atoms with Crippen molar-refractivity contribution in [2.45, 2.75) is 0 Å². The second-order valence-corrected chi connectivity index (χ2v) is 12.4. The number of fused-ring (bicyclic) bond motifs is 8. The molecule has 2 heteroatoms. The van der Waals surface area contributed by atoms with E-state index in [1.54, 1.807) is 0 Å². The molecule has 0 amide bonds. The predicted molar refractivity (Wildman–Crippen MR) is 192 cm³/mol. The molecule has 0 radical (unpaired) electrons. The van der Waals surface area contributed by atoms with Gasteiger partial charge in [0, 0.05) is 42.6 Å². The van der Waals surface area contributed by atoms with E-state index in [2.05, 4.69) is 169 Å². The van der Waals surface area contributed by atoms with Crippen molar-refractivity contribution >= 4 is 80.9 Å². The summed E-state index contributed by atoms with van der Waals surface area (Å²) < 4.78 is 2.69. The highest BCUT2D eigenvalue weighted by atomic mass is 32.1. The van der Waals surface area contributed by atoms with Crippen molar-refractivity contribution in [1.29, 1.82) is 0 Å². The zero-order valence-corrected chi connectivity index (χ0v) is 24.8. The molecule has 0 unspecified atom stereocenters. The van der Waals surface area contributed by atoms with E-state index in [9.17, 15) is 0 Å². The van der Waals surface area contributed by atoms with E-state index < -0.39 is 0 Å². The minimum Gasteiger partial charge on any atom is -0.310 e. The second-order valence-electron chi connectivity index (χ2n) is 11.4. The van der Waals surface area contributed by atoms with Crippen LogP contribution in [0, 0.1) is 0 Å². The summed E-state index contributed by atoms with van der Waals surface area (Å²) in [7, 11) is 0. The molecule has 206 valence electrons. The first-order valence-corrected chi connectivity index (χ1v) is 15.8. The molecule has 1 nitrogen and oxygen atoms in total. The van der Waals surface area contributed by atoms with E-state index in [1.165, 1.54) is 63.6 Å². The molecule has 1 heterocycles. The van der Waals surface area contributed by atoms with Crippen LogP contribution in [0.1, 0.15) is 0 Å². The van der Waals surface area contributed by atoms with Crippen molar-refractivity contribution in [3.63, 3.8) is 0 Å². The van der Waals surface area contributed by atoms with Gasteiger partial charge in [0.15, 0.2) is 0 Å². The summed E-state index contributed by atoms with van der Waals surface area (Å²) >= 11 is 1.90. The van der Waals surface area contributed by atoms with Crippen molar-refractivity contribution in [2.24, 2.45) is 0 Å². The van der Waals surface area contributed by atoms with Crippen LogP contribution in [0.2, 0.25) is 0 Å². The van der Waals surface area contributed by atoms with Gasteiger partial charge in [-0.3, -0.25) is 0 Å². The minimum absolute atomic E-state index is 1.13. The number of nitrogens with zero attached hydrogens (tertiary/aromatic N) is 1. The molecule has 1 aromatic heterocycles. The van der Waals surface area contributed by atoms with E-state index in [0.717, 1.165) is 17.1 Å². The third kappa shape index (κ3) is 4.07. The summed E-state index contributed by atoms with van der Waals surface area (Å²) in [5.41, 5.74) is 5.85. The maximum absolute atomic E-state index is 2.38. The molecule has 9 rings (SSSR count). The molecule has 9 aromatic rings. The molecule has 0 aliphatic carbocycles. The minimum atomic E-state index is 1.13. The number of benzene rings is 8. The predicted octanol–water partition coefficient (Wildman–Crippen LogP) is 12.7. The molecule has 0 aliphatic rings. The highest BCUT2D eigenvalue weighted by Crippen LogP contribution is 2.43. The number of hydrogen-bond acceptors (Lipinski definition) is 2. The van der Waals surface area contributed by atoms with Crippen molar-refractivity contribution in [3.05, 3.63) is 164 Å². The van der Waals surface area contributed by atoms with Gasteiger partial charge in [0.25, 0.3) is 0 Å². The summed E-state index contributed by atoms with van der Waals surface area (Å²) in [6.45, 7) is 0. The third-order valence-corrected chi connectivity index (χ3v) is 10.0. The monoisotopic (exact) mass is 577 g/mol. The first kappa shape index (κ1) is 25.1. The Morgan fingerprint density at radius 1 is 0.364 bits per heavy atom. The third-order valence-electron chi connectivity index (χ3n) is 8.81. The van der Waals surface area contributed by atoms with Crippen LogP contribution in [0.25, 0.3) is 63.6 Å². The zero-order valence-electron chi connectivity index (χ0n) is 23.9. The van der Waals surface area contributed by atoms with Gasteiger partial charge < -0.3 is 4.90 Å². The van der Waals surface area contributed by atoms with Crippen molar-refractivity contribution in [2.75, 3.05) is 4.90 Å². The van der Waals surface area contributed by atoms with E-state index in [0.29, 0.717) is 0 Å². The molecule has 44 heavy (non-hydrogen) atoms. The molecule has 0 spiro atoms.